The molecule has 0 bridgehead atoms. The fourth-order valence-corrected chi connectivity index (χ4v) is 5.49. The van der Waals surface area contributed by atoms with Crippen LogP contribution in [-0.4, -0.2) is 49.6 Å². The van der Waals surface area contributed by atoms with Crippen LogP contribution in [-0.2, 0) is 26.0 Å². The summed E-state index contributed by atoms with van der Waals surface area (Å²) < 4.78 is 27.1. The largest absolute Gasteiger partial charge is 0.359 e. The van der Waals surface area contributed by atoms with E-state index in [9.17, 15) is 28.1 Å². The second kappa shape index (κ2) is 10.3. The van der Waals surface area contributed by atoms with Crippen LogP contribution >= 0.6 is 11.6 Å². The molecule has 0 unspecified atom stereocenters. The first kappa shape index (κ1) is 24.6. The number of hydrogen-bond donors (Lipinski definition) is 2. The van der Waals surface area contributed by atoms with E-state index in [1.54, 1.807) is 31.3 Å². The van der Waals surface area contributed by atoms with Crippen molar-refractivity contribution in [3.63, 3.8) is 0 Å². The van der Waals surface area contributed by atoms with Crippen molar-refractivity contribution in [2.75, 3.05) is 25.5 Å². The molecule has 176 valence electrons. The normalized spacial score (nSPS) is 15.1. The number of non-ortho nitro benzene ring substituents is 1. The standard InChI is InChI=1S/C21H23ClN4O6S/c1-23-20(27)12-14-2-4-16(5-3-14)24-21(28)15-8-10-25(11-9-15)33(31,32)19-13-17(26(29)30)6-7-18(19)22/h2-7,13,15H,8-12H2,1H3,(H,23,27)(H,24,28). The van der Waals surface area contributed by atoms with Crippen molar-refractivity contribution in [2.24, 2.45) is 5.92 Å². The van der Waals surface area contributed by atoms with Crippen LogP contribution in [0.2, 0.25) is 5.02 Å². The van der Waals surface area contributed by atoms with E-state index in [2.05, 4.69) is 10.6 Å². The Kier molecular flexibility index (Phi) is 7.67. The van der Waals surface area contributed by atoms with Crippen molar-refractivity contribution in [1.82, 2.24) is 9.62 Å². The lowest BCUT2D eigenvalue weighted by atomic mass is 9.97. The maximum Gasteiger partial charge on any atom is 0.270 e. The molecule has 0 atom stereocenters. The second-order valence-electron chi connectivity index (χ2n) is 7.59. The van der Waals surface area contributed by atoms with Gasteiger partial charge in [-0.15, -0.1) is 0 Å². The number of sulfonamides is 1. The van der Waals surface area contributed by atoms with Gasteiger partial charge >= 0.3 is 0 Å². The van der Waals surface area contributed by atoms with E-state index in [4.69, 9.17) is 11.6 Å². The number of nitro groups is 1. The number of nitrogens with zero attached hydrogens (tertiary/aromatic N) is 2. The fourth-order valence-electron chi connectivity index (χ4n) is 3.52. The number of benzene rings is 2. The first-order valence-corrected chi connectivity index (χ1v) is 12.0. The SMILES string of the molecule is CNC(=O)Cc1ccc(NC(=O)C2CCN(S(=O)(=O)c3cc([N+](=O)[O-])ccc3Cl)CC2)cc1. The zero-order valence-electron chi connectivity index (χ0n) is 17.8. The van der Waals surface area contributed by atoms with Gasteiger partial charge in [0.15, 0.2) is 0 Å². The van der Waals surface area contributed by atoms with E-state index in [-0.39, 0.29) is 52.8 Å². The first-order valence-electron chi connectivity index (χ1n) is 10.2. The number of anilines is 1. The third kappa shape index (κ3) is 5.86. The Morgan fingerprint density at radius 2 is 1.79 bits per heavy atom. The number of carbonyl (C=O) groups is 2. The molecule has 0 radical (unpaired) electrons. The molecule has 33 heavy (non-hydrogen) atoms. The average molecular weight is 495 g/mol. The molecule has 12 heteroatoms. The summed E-state index contributed by atoms with van der Waals surface area (Å²) in [6.07, 6.45) is 0.838. The molecule has 1 saturated heterocycles. The zero-order valence-corrected chi connectivity index (χ0v) is 19.4. The van der Waals surface area contributed by atoms with Gasteiger partial charge in [0.05, 0.1) is 16.4 Å². The number of amides is 2. The van der Waals surface area contributed by atoms with Crippen LogP contribution in [0, 0.1) is 16.0 Å². The number of likely N-dealkylation sites (N-methyl/N-ethyl adjacent to an activating group) is 1. The molecule has 1 aliphatic heterocycles. The molecule has 1 fully saturated rings. The quantitative estimate of drug-likeness (QED) is 0.448. The van der Waals surface area contributed by atoms with Gasteiger partial charge in [0.25, 0.3) is 5.69 Å². The van der Waals surface area contributed by atoms with Crippen LogP contribution in [0.3, 0.4) is 0 Å². The predicted molar refractivity (Wildman–Crippen MR) is 122 cm³/mol. The summed E-state index contributed by atoms with van der Waals surface area (Å²) in [5, 5.41) is 16.3. The van der Waals surface area contributed by atoms with E-state index >= 15 is 0 Å². The molecule has 10 nitrogen and oxygen atoms in total. The van der Waals surface area contributed by atoms with Gasteiger partial charge in [-0.05, 0) is 36.6 Å². The average Bonchev–Trinajstić information content (AvgIpc) is 2.80. The van der Waals surface area contributed by atoms with Gasteiger partial charge in [-0.2, -0.15) is 4.31 Å². The van der Waals surface area contributed by atoms with Gasteiger partial charge < -0.3 is 10.6 Å². The van der Waals surface area contributed by atoms with E-state index in [1.165, 1.54) is 10.4 Å². The highest BCUT2D eigenvalue weighted by atomic mass is 35.5. The lowest BCUT2D eigenvalue weighted by molar-refractivity contribution is -0.385. The summed E-state index contributed by atoms with van der Waals surface area (Å²) in [5.74, 6) is -0.720. The number of nitro benzene ring substituents is 1. The monoisotopic (exact) mass is 494 g/mol. The maximum atomic E-state index is 13.0. The summed E-state index contributed by atoms with van der Waals surface area (Å²) in [6.45, 7) is 0.176. The Morgan fingerprint density at radius 1 is 1.15 bits per heavy atom. The smallest absolute Gasteiger partial charge is 0.270 e. The number of rotatable bonds is 7. The summed E-state index contributed by atoms with van der Waals surface area (Å²) in [5.41, 5.74) is 1.03. The van der Waals surface area contributed by atoms with Gasteiger partial charge in [-0.1, -0.05) is 23.7 Å². The molecular formula is C21H23ClN4O6S. The minimum Gasteiger partial charge on any atom is -0.359 e. The molecule has 1 heterocycles. The van der Waals surface area contributed by atoms with Gasteiger partial charge in [-0.3, -0.25) is 19.7 Å². The van der Waals surface area contributed by atoms with Crippen LogP contribution in [0.5, 0.6) is 0 Å². The van der Waals surface area contributed by atoms with Crippen molar-refractivity contribution in [3.8, 4) is 0 Å². The Labute approximate surface area is 196 Å². The van der Waals surface area contributed by atoms with E-state index in [0.29, 0.717) is 18.5 Å². The number of carbonyl (C=O) groups excluding carboxylic acids is 2. The van der Waals surface area contributed by atoms with Crippen molar-refractivity contribution in [1.29, 1.82) is 0 Å². The minimum absolute atomic E-state index is 0.0878. The fraction of sp³-hybridized carbons (Fsp3) is 0.333. The topological polar surface area (TPSA) is 139 Å². The van der Waals surface area contributed by atoms with Crippen LogP contribution in [0.1, 0.15) is 18.4 Å². The van der Waals surface area contributed by atoms with Gasteiger partial charge in [0.1, 0.15) is 4.90 Å². The summed E-state index contributed by atoms with van der Waals surface area (Å²) in [7, 11) is -2.48. The first-order chi connectivity index (χ1) is 15.6. The van der Waals surface area contributed by atoms with Gasteiger partial charge in [0.2, 0.25) is 21.8 Å². The lowest BCUT2D eigenvalue weighted by Gasteiger charge is -2.30. The highest BCUT2D eigenvalue weighted by Gasteiger charge is 2.34. The molecule has 2 aromatic rings. The molecule has 2 amide bonds. The predicted octanol–water partition coefficient (Wildman–Crippen LogP) is 2.58. The summed E-state index contributed by atoms with van der Waals surface area (Å²) in [4.78, 5) is 34.1. The number of piperidine rings is 1. The van der Waals surface area contributed by atoms with Crippen LogP contribution in [0.4, 0.5) is 11.4 Å². The van der Waals surface area contributed by atoms with Gasteiger partial charge in [0, 0.05) is 43.9 Å². The maximum absolute atomic E-state index is 13.0. The van der Waals surface area contributed by atoms with E-state index < -0.39 is 14.9 Å². The molecule has 1 aliphatic rings. The summed E-state index contributed by atoms with van der Waals surface area (Å²) in [6, 6.07) is 10.2. The molecule has 3 rings (SSSR count). The second-order valence-corrected chi connectivity index (χ2v) is 9.90. The van der Waals surface area contributed by atoms with Gasteiger partial charge in [-0.25, -0.2) is 8.42 Å². The van der Waals surface area contributed by atoms with Crippen LogP contribution < -0.4 is 10.6 Å². The van der Waals surface area contributed by atoms with E-state index in [0.717, 1.165) is 17.7 Å². The number of halogens is 1. The minimum atomic E-state index is -4.04. The van der Waals surface area contributed by atoms with Crippen molar-refractivity contribution in [2.45, 2.75) is 24.2 Å². The Hall–Kier alpha value is -3.02. The third-order valence-corrected chi connectivity index (χ3v) is 7.81. The Balaban J connectivity index is 1.61. The Morgan fingerprint density at radius 3 is 2.36 bits per heavy atom. The number of hydrogen-bond acceptors (Lipinski definition) is 6. The van der Waals surface area contributed by atoms with Crippen LogP contribution in [0.15, 0.2) is 47.4 Å². The lowest BCUT2D eigenvalue weighted by Crippen LogP contribution is -2.41. The zero-order chi connectivity index (χ0) is 24.2. The molecular weight excluding hydrogens is 472 g/mol. The molecule has 0 aromatic heterocycles. The molecule has 0 aliphatic carbocycles. The van der Waals surface area contributed by atoms with E-state index in [1.807, 2.05) is 0 Å². The molecule has 0 spiro atoms. The highest BCUT2D eigenvalue weighted by Crippen LogP contribution is 2.31. The van der Waals surface area contributed by atoms with Crippen molar-refractivity contribution < 1.29 is 22.9 Å². The number of nitrogens with one attached hydrogen (secondary N) is 2. The Bertz CT molecular complexity index is 1160. The third-order valence-electron chi connectivity index (χ3n) is 5.43. The summed E-state index contributed by atoms with van der Waals surface area (Å²) >= 11 is 6.01. The molecule has 2 N–H and O–H groups in total. The van der Waals surface area contributed by atoms with Crippen LogP contribution in [0.25, 0.3) is 0 Å². The van der Waals surface area contributed by atoms with Crippen molar-refractivity contribution >= 4 is 44.8 Å². The molecule has 2 aromatic carbocycles. The van der Waals surface area contributed by atoms with Crippen molar-refractivity contribution in [3.05, 3.63) is 63.2 Å². The highest BCUT2D eigenvalue weighted by molar-refractivity contribution is 7.89. The molecule has 0 saturated carbocycles.